The van der Waals surface area contributed by atoms with Crippen molar-refractivity contribution >= 4 is 11.8 Å². The first kappa shape index (κ1) is 21.9. The Morgan fingerprint density at radius 1 is 1.17 bits per heavy atom. The van der Waals surface area contributed by atoms with Crippen LogP contribution in [0.15, 0.2) is 11.9 Å². The summed E-state index contributed by atoms with van der Waals surface area (Å²) < 4.78 is 54.8. The van der Waals surface area contributed by atoms with E-state index in [2.05, 4.69) is 10.8 Å². The highest BCUT2D eigenvalue weighted by Gasteiger charge is 2.52. The quantitative estimate of drug-likeness (QED) is 0.688. The van der Waals surface area contributed by atoms with E-state index in [1.165, 1.54) is 0 Å². The summed E-state index contributed by atoms with van der Waals surface area (Å²) in [6, 6.07) is -1.36. The second-order valence-electron chi connectivity index (χ2n) is 9.25. The normalized spacial score (nSPS) is 29.3. The van der Waals surface area contributed by atoms with E-state index in [0.717, 1.165) is 4.90 Å². The van der Waals surface area contributed by atoms with Gasteiger partial charge in [-0.1, -0.05) is 20.8 Å². The van der Waals surface area contributed by atoms with E-state index in [9.17, 15) is 27.2 Å². The second kappa shape index (κ2) is 7.45. The summed E-state index contributed by atoms with van der Waals surface area (Å²) in [4.78, 5) is 31.6. The fourth-order valence-corrected chi connectivity index (χ4v) is 3.86. The van der Waals surface area contributed by atoms with Gasteiger partial charge in [0, 0.05) is 25.2 Å². The molecule has 2 unspecified atom stereocenters. The minimum atomic E-state index is -3.21. The number of alkyl halides is 4. The molecule has 0 bridgehead atoms. The van der Waals surface area contributed by atoms with Gasteiger partial charge in [-0.3, -0.25) is 19.9 Å². The number of nitrogens with one attached hydrogen (secondary N) is 2. The molecule has 2 amide bonds. The first-order chi connectivity index (χ1) is 13.3. The summed E-state index contributed by atoms with van der Waals surface area (Å²) in [6.07, 6.45) is -0.541. The zero-order valence-electron chi connectivity index (χ0n) is 16.7. The lowest BCUT2D eigenvalue weighted by Gasteiger charge is -2.32. The van der Waals surface area contributed by atoms with E-state index in [-0.39, 0.29) is 30.2 Å². The molecule has 1 saturated heterocycles. The molecule has 0 spiro atoms. The van der Waals surface area contributed by atoms with Crippen LogP contribution in [-0.4, -0.2) is 47.2 Å². The van der Waals surface area contributed by atoms with Crippen LogP contribution in [0, 0.1) is 11.3 Å². The monoisotopic (exact) mass is 421 g/mol. The molecule has 164 valence electrons. The van der Waals surface area contributed by atoms with Gasteiger partial charge in [-0.15, -0.1) is 0 Å². The Morgan fingerprint density at radius 3 is 2.34 bits per heavy atom. The fourth-order valence-electron chi connectivity index (χ4n) is 3.86. The van der Waals surface area contributed by atoms with Crippen molar-refractivity contribution in [1.29, 1.82) is 0 Å². The molecule has 2 heterocycles. The van der Waals surface area contributed by atoms with Crippen LogP contribution in [0.3, 0.4) is 0 Å². The van der Waals surface area contributed by atoms with E-state index in [4.69, 9.17) is 4.84 Å². The van der Waals surface area contributed by atoms with Gasteiger partial charge in [0.25, 0.3) is 5.92 Å². The molecule has 2 atom stereocenters. The predicted molar refractivity (Wildman–Crippen MR) is 95.7 cm³/mol. The van der Waals surface area contributed by atoms with Crippen LogP contribution in [0.5, 0.6) is 0 Å². The molecule has 3 aliphatic rings. The molecule has 3 rings (SSSR count). The number of rotatable bonds is 3. The smallest absolute Gasteiger partial charge is 0.267 e. The van der Waals surface area contributed by atoms with Gasteiger partial charge in [-0.05, 0) is 24.3 Å². The minimum Gasteiger partial charge on any atom is -0.324 e. The van der Waals surface area contributed by atoms with Crippen molar-refractivity contribution in [2.45, 2.75) is 76.9 Å². The van der Waals surface area contributed by atoms with Gasteiger partial charge in [0.15, 0.2) is 0 Å². The summed E-state index contributed by atoms with van der Waals surface area (Å²) in [5.41, 5.74) is 2.31. The van der Waals surface area contributed by atoms with Crippen molar-refractivity contribution < 1.29 is 32.0 Å². The first-order valence-electron chi connectivity index (χ1n) is 9.78. The standard InChI is InChI=1S/C19H27F4N3O3/c1-17(2,3)13-8-14(25-29-13)24-15(27)12-9-19(22,23)10-26(12)16(28)11-4-6-18(20,21)7-5-11/h8,11-13,25H,4-7,9-10H2,1-3H3,(H,24,27). The molecule has 2 aliphatic heterocycles. The molecule has 10 heteroatoms. The molecule has 1 saturated carbocycles. The van der Waals surface area contributed by atoms with Crippen LogP contribution in [0.2, 0.25) is 0 Å². The summed E-state index contributed by atoms with van der Waals surface area (Å²) >= 11 is 0. The Kier molecular flexibility index (Phi) is 5.61. The third-order valence-electron chi connectivity index (χ3n) is 5.65. The number of carbonyl (C=O) groups excluding carboxylic acids is 2. The van der Waals surface area contributed by atoms with Crippen molar-refractivity contribution in [3.63, 3.8) is 0 Å². The predicted octanol–water partition coefficient (Wildman–Crippen LogP) is 2.96. The third kappa shape index (κ3) is 5.02. The molecular formula is C19H27F4N3O3. The number of hydroxylamine groups is 1. The van der Waals surface area contributed by atoms with Gasteiger partial charge in [-0.2, -0.15) is 0 Å². The average Bonchev–Trinajstić information content (AvgIpc) is 3.18. The zero-order valence-corrected chi connectivity index (χ0v) is 16.7. The lowest BCUT2D eigenvalue weighted by Crippen LogP contribution is -2.49. The topological polar surface area (TPSA) is 70.7 Å². The van der Waals surface area contributed by atoms with Crippen molar-refractivity contribution in [1.82, 2.24) is 15.7 Å². The molecule has 29 heavy (non-hydrogen) atoms. The molecule has 2 N–H and O–H groups in total. The van der Waals surface area contributed by atoms with Crippen molar-refractivity contribution in [2.24, 2.45) is 11.3 Å². The first-order valence-corrected chi connectivity index (χ1v) is 9.78. The number of likely N-dealkylation sites (tertiary alicyclic amines) is 1. The largest absolute Gasteiger partial charge is 0.324 e. The highest BCUT2D eigenvalue weighted by atomic mass is 19.3. The molecule has 2 fully saturated rings. The van der Waals surface area contributed by atoms with Crippen molar-refractivity contribution in [3.05, 3.63) is 11.9 Å². The lowest BCUT2D eigenvalue weighted by molar-refractivity contribution is -0.145. The Balaban J connectivity index is 1.68. The summed E-state index contributed by atoms with van der Waals surface area (Å²) in [7, 11) is 0. The second-order valence-corrected chi connectivity index (χ2v) is 9.25. The molecule has 0 aromatic heterocycles. The number of nitrogens with zero attached hydrogens (tertiary/aromatic N) is 1. The number of hydrogen-bond donors (Lipinski definition) is 2. The van der Waals surface area contributed by atoms with E-state index in [1.807, 2.05) is 20.8 Å². The Labute approximate surface area is 167 Å². The van der Waals surface area contributed by atoms with Gasteiger partial charge in [0.1, 0.15) is 18.0 Å². The summed E-state index contributed by atoms with van der Waals surface area (Å²) in [6.45, 7) is 4.93. The summed E-state index contributed by atoms with van der Waals surface area (Å²) in [5.74, 6) is -7.99. The maximum Gasteiger partial charge on any atom is 0.267 e. The van der Waals surface area contributed by atoms with Gasteiger partial charge < -0.3 is 10.2 Å². The molecule has 1 aliphatic carbocycles. The van der Waals surface area contributed by atoms with Crippen LogP contribution in [0.25, 0.3) is 0 Å². The van der Waals surface area contributed by atoms with Crippen LogP contribution in [-0.2, 0) is 14.4 Å². The molecule has 0 aromatic carbocycles. The third-order valence-corrected chi connectivity index (χ3v) is 5.65. The number of amides is 2. The SMILES string of the molecule is CC(C)(C)C1C=C(NC(=O)C2CC(F)(F)CN2C(=O)C2CCC(F)(F)CC2)NO1. The molecular weight excluding hydrogens is 394 g/mol. The average molecular weight is 421 g/mol. The number of hydrogen-bond acceptors (Lipinski definition) is 4. The minimum absolute atomic E-state index is 0.0734. The van der Waals surface area contributed by atoms with Gasteiger partial charge in [0.2, 0.25) is 17.7 Å². The highest BCUT2D eigenvalue weighted by molar-refractivity contribution is 5.90. The Hall–Kier alpha value is -1.84. The van der Waals surface area contributed by atoms with Gasteiger partial charge in [0.05, 0.1) is 6.54 Å². The fraction of sp³-hybridized carbons (Fsp3) is 0.789. The van der Waals surface area contributed by atoms with Crippen LogP contribution < -0.4 is 10.8 Å². The van der Waals surface area contributed by atoms with E-state index in [1.54, 1.807) is 6.08 Å². The lowest BCUT2D eigenvalue weighted by atomic mass is 9.85. The highest BCUT2D eigenvalue weighted by Crippen LogP contribution is 2.39. The maximum atomic E-state index is 14.0. The van der Waals surface area contributed by atoms with Gasteiger partial charge in [-0.25, -0.2) is 17.6 Å². The number of halogens is 4. The molecule has 6 nitrogen and oxygen atoms in total. The van der Waals surface area contributed by atoms with Crippen LogP contribution in [0.1, 0.15) is 52.9 Å². The summed E-state index contributed by atoms with van der Waals surface area (Å²) in [5, 5.41) is 2.50. The Morgan fingerprint density at radius 2 is 1.79 bits per heavy atom. The van der Waals surface area contributed by atoms with E-state index in [0.29, 0.717) is 0 Å². The van der Waals surface area contributed by atoms with Crippen molar-refractivity contribution in [2.75, 3.05) is 6.54 Å². The van der Waals surface area contributed by atoms with E-state index >= 15 is 0 Å². The van der Waals surface area contributed by atoms with Gasteiger partial charge >= 0.3 is 0 Å². The molecule has 0 radical (unpaired) electrons. The van der Waals surface area contributed by atoms with Crippen LogP contribution >= 0.6 is 0 Å². The molecule has 0 aromatic rings. The van der Waals surface area contributed by atoms with Crippen LogP contribution in [0.4, 0.5) is 17.6 Å². The van der Waals surface area contributed by atoms with Crippen molar-refractivity contribution in [3.8, 4) is 0 Å². The Bertz CT molecular complexity index is 695. The maximum absolute atomic E-state index is 14.0. The zero-order chi connectivity index (χ0) is 21.6. The van der Waals surface area contributed by atoms with E-state index < -0.39 is 61.4 Å². The number of carbonyl (C=O) groups is 2.